The quantitative estimate of drug-likeness (QED) is 0.769. The Morgan fingerprint density at radius 1 is 1.30 bits per heavy atom. The first-order valence-corrected chi connectivity index (χ1v) is 7.86. The molecular weight excluding hydrogens is 290 g/mol. The predicted octanol–water partition coefficient (Wildman–Crippen LogP) is 4.10. The average Bonchev–Trinajstić information content (AvgIpc) is 3.05. The maximum atomic E-state index is 6.05. The molecule has 5 heteroatoms. The number of imidazole rings is 1. The second kappa shape index (κ2) is 5.95. The Morgan fingerprint density at radius 2 is 2.15 bits per heavy atom. The number of rotatable bonds is 5. The van der Waals surface area contributed by atoms with Gasteiger partial charge in [0.25, 0.3) is 0 Å². The van der Waals surface area contributed by atoms with Crippen LogP contribution in [-0.4, -0.2) is 16.1 Å². The van der Waals surface area contributed by atoms with Crippen LogP contribution in [0.3, 0.4) is 0 Å². The van der Waals surface area contributed by atoms with Crippen LogP contribution in [0, 0.1) is 0 Å². The fraction of sp³-hybridized carbons (Fsp3) is 0.267. The second-order valence-corrected chi connectivity index (χ2v) is 6.38. The van der Waals surface area contributed by atoms with Crippen molar-refractivity contribution in [2.75, 3.05) is 6.54 Å². The molecule has 3 nitrogen and oxygen atoms in total. The molecule has 0 aliphatic carbocycles. The molecule has 0 amide bonds. The molecule has 3 aromatic rings. The van der Waals surface area contributed by atoms with Gasteiger partial charge in [0.05, 0.1) is 27.7 Å². The third-order valence-electron chi connectivity index (χ3n) is 3.29. The lowest BCUT2D eigenvalue weighted by Gasteiger charge is -2.17. The molecular formula is C15H16ClN3S. The summed E-state index contributed by atoms with van der Waals surface area (Å²) in [6.45, 7) is 3.90. The van der Waals surface area contributed by atoms with Gasteiger partial charge in [-0.1, -0.05) is 30.7 Å². The maximum absolute atomic E-state index is 6.05. The lowest BCUT2D eigenvalue weighted by molar-refractivity contribution is 0.488. The molecule has 0 saturated carbocycles. The summed E-state index contributed by atoms with van der Waals surface area (Å²) in [4.78, 5) is 5.70. The highest BCUT2D eigenvalue weighted by atomic mass is 35.5. The summed E-state index contributed by atoms with van der Waals surface area (Å²) in [6, 6.07) is 12.5. The van der Waals surface area contributed by atoms with Gasteiger partial charge in [-0.2, -0.15) is 0 Å². The first-order chi connectivity index (χ1) is 9.78. The highest BCUT2D eigenvalue weighted by molar-refractivity contribution is 7.16. The number of likely N-dealkylation sites (N-methyl/N-ethyl adjacent to an activating group) is 1. The molecule has 1 atom stereocenters. The standard InChI is InChI=1S/C15H16ClN3S/c1-2-17-12(14-7-8-15(16)20-14)9-19-10-18-11-5-3-4-6-13(11)19/h3-8,10,12,17H,2,9H2,1H3. The van der Waals surface area contributed by atoms with Crippen molar-refractivity contribution in [3.63, 3.8) is 0 Å². The first-order valence-electron chi connectivity index (χ1n) is 6.66. The van der Waals surface area contributed by atoms with Crippen LogP contribution in [-0.2, 0) is 6.54 Å². The van der Waals surface area contributed by atoms with E-state index in [-0.39, 0.29) is 6.04 Å². The van der Waals surface area contributed by atoms with E-state index in [0.717, 1.165) is 28.5 Å². The van der Waals surface area contributed by atoms with Gasteiger partial charge in [0, 0.05) is 11.4 Å². The third kappa shape index (κ3) is 2.73. The van der Waals surface area contributed by atoms with Gasteiger partial charge in [-0.05, 0) is 30.8 Å². The van der Waals surface area contributed by atoms with Crippen LogP contribution in [0.1, 0.15) is 17.8 Å². The van der Waals surface area contributed by atoms with Gasteiger partial charge in [0.15, 0.2) is 0 Å². The third-order valence-corrected chi connectivity index (χ3v) is 4.64. The van der Waals surface area contributed by atoms with Gasteiger partial charge in [0.2, 0.25) is 0 Å². The molecule has 0 saturated heterocycles. The van der Waals surface area contributed by atoms with Crippen LogP contribution in [0.5, 0.6) is 0 Å². The van der Waals surface area contributed by atoms with Crippen molar-refractivity contribution in [1.82, 2.24) is 14.9 Å². The topological polar surface area (TPSA) is 29.9 Å². The van der Waals surface area contributed by atoms with Crippen LogP contribution in [0.4, 0.5) is 0 Å². The van der Waals surface area contributed by atoms with Crippen LogP contribution >= 0.6 is 22.9 Å². The monoisotopic (exact) mass is 305 g/mol. The predicted molar refractivity (Wildman–Crippen MR) is 85.5 cm³/mol. The maximum Gasteiger partial charge on any atom is 0.0958 e. The summed E-state index contributed by atoms with van der Waals surface area (Å²) < 4.78 is 3.02. The molecule has 1 aromatic carbocycles. The largest absolute Gasteiger partial charge is 0.329 e. The van der Waals surface area contributed by atoms with Gasteiger partial charge in [-0.25, -0.2) is 4.98 Å². The molecule has 2 aromatic heterocycles. The Morgan fingerprint density at radius 3 is 2.90 bits per heavy atom. The summed E-state index contributed by atoms with van der Waals surface area (Å²) in [5.41, 5.74) is 2.20. The smallest absolute Gasteiger partial charge is 0.0958 e. The molecule has 104 valence electrons. The van der Waals surface area contributed by atoms with Crippen molar-refractivity contribution in [2.45, 2.75) is 19.5 Å². The van der Waals surface area contributed by atoms with Crippen molar-refractivity contribution in [1.29, 1.82) is 0 Å². The lowest BCUT2D eigenvalue weighted by atomic mass is 10.2. The van der Waals surface area contributed by atoms with E-state index in [0.29, 0.717) is 0 Å². The highest BCUT2D eigenvalue weighted by Crippen LogP contribution is 2.28. The number of halogens is 1. The molecule has 0 fully saturated rings. The molecule has 0 spiro atoms. The summed E-state index contributed by atoms with van der Waals surface area (Å²) in [7, 11) is 0. The van der Waals surface area contributed by atoms with E-state index in [1.165, 1.54) is 4.88 Å². The Kier molecular flexibility index (Phi) is 4.05. The fourth-order valence-electron chi connectivity index (χ4n) is 2.37. The molecule has 0 bridgehead atoms. The van der Waals surface area contributed by atoms with Gasteiger partial charge >= 0.3 is 0 Å². The van der Waals surface area contributed by atoms with Crippen LogP contribution in [0.2, 0.25) is 4.34 Å². The molecule has 1 unspecified atom stereocenters. The summed E-state index contributed by atoms with van der Waals surface area (Å²) in [5, 5.41) is 3.52. The van der Waals surface area contributed by atoms with Crippen molar-refractivity contribution >= 4 is 34.0 Å². The number of thiophene rings is 1. The second-order valence-electron chi connectivity index (χ2n) is 4.64. The normalized spacial score (nSPS) is 12.9. The molecule has 0 aliphatic heterocycles. The first kappa shape index (κ1) is 13.6. The average molecular weight is 306 g/mol. The van der Waals surface area contributed by atoms with E-state index >= 15 is 0 Å². The minimum absolute atomic E-state index is 0.259. The number of hydrogen-bond donors (Lipinski definition) is 1. The van der Waals surface area contributed by atoms with Gasteiger partial charge < -0.3 is 9.88 Å². The minimum Gasteiger partial charge on any atom is -0.329 e. The van der Waals surface area contributed by atoms with Crippen LogP contribution in [0.25, 0.3) is 11.0 Å². The Bertz CT molecular complexity index is 704. The Labute approximate surface area is 127 Å². The van der Waals surface area contributed by atoms with E-state index in [4.69, 9.17) is 11.6 Å². The van der Waals surface area contributed by atoms with Gasteiger partial charge in [0.1, 0.15) is 0 Å². The zero-order chi connectivity index (χ0) is 13.9. The minimum atomic E-state index is 0.259. The molecule has 3 rings (SSSR count). The zero-order valence-corrected chi connectivity index (χ0v) is 12.8. The SMILES string of the molecule is CCNC(Cn1cnc2ccccc21)c1ccc(Cl)s1. The Balaban J connectivity index is 1.90. The van der Waals surface area contributed by atoms with Crippen LogP contribution in [0.15, 0.2) is 42.7 Å². The number of benzene rings is 1. The fourth-order valence-corrected chi connectivity index (χ4v) is 3.50. The number of fused-ring (bicyclic) bond motifs is 1. The molecule has 0 radical (unpaired) electrons. The van der Waals surface area contributed by atoms with E-state index in [2.05, 4.69) is 33.9 Å². The van der Waals surface area contributed by atoms with Crippen molar-refractivity contribution in [2.24, 2.45) is 0 Å². The summed E-state index contributed by atoms with van der Waals surface area (Å²) in [5.74, 6) is 0. The number of para-hydroxylation sites is 2. The number of nitrogens with zero attached hydrogens (tertiary/aromatic N) is 2. The van der Waals surface area contributed by atoms with Crippen molar-refractivity contribution in [3.8, 4) is 0 Å². The van der Waals surface area contributed by atoms with E-state index in [1.807, 2.05) is 30.6 Å². The number of aromatic nitrogens is 2. The Hall–Kier alpha value is -1.36. The van der Waals surface area contributed by atoms with Crippen molar-refractivity contribution < 1.29 is 0 Å². The van der Waals surface area contributed by atoms with E-state index in [9.17, 15) is 0 Å². The molecule has 2 heterocycles. The van der Waals surface area contributed by atoms with E-state index < -0.39 is 0 Å². The number of hydrogen-bond acceptors (Lipinski definition) is 3. The number of nitrogens with one attached hydrogen (secondary N) is 1. The van der Waals surface area contributed by atoms with Crippen LogP contribution < -0.4 is 5.32 Å². The van der Waals surface area contributed by atoms with Gasteiger partial charge in [-0.3, -0.25) is 0 Å². The van der Waals surface area contributed by atoms with Crippen molar-refractivity contribution in [3.05, 3.63) is 51.9 Å². The molecule has 1 N–H and O–H groups in total. The lowest BCUT2D eigenvalue weighted by Crippen LogP contribution is -2.24. The van der Waals surface area contributed by atoms with Gasteiger partial charge in [-0.15, -0.1) is 11.3 Å². The zero-order valence-electron chi connectivity index (χ0n) is 11.2. The summed E-state index contributed by atoms with van der Waals surface area (Å²) >= 11 is 7.69. The molecule has 0 aliphatic rings. The van der Waals surface area contributed by atoms with E-state index in [1.54, 1.807) is 11.3 Å². The highest BCUT2D eigenvalue weighted by Gasteiger charge is 2.14. The summed E-state index contributed by atoms with van der Waals surface area (Å²) in [6.07, 6.45) is 1.91. The molecule has 20 heavy (non-hydrogen) atoms.